The van der Waals surface area contributed by atoms with Crippen LogP contribution in [0.1, 0.15) is 96.0 Å². The number of unbranched alkanes of at least 4 members (excludes halogenated alkanes) is 8. The molecule has 1 N–H and O–H groups in total. The Morgan fingerprint density at radius 3 is 1.95 bits per heavy atom. The van der Waals surface area contributed by atoms with Crippen molar-refractivity contribution in [3.05, 3.63) is 29.8 Å². The highest BCUT2D eigenvalue weighted by Gasteiger charge is 2.12. The number of para-hydroxylation sites is 1. The van der Waals surface area contributed by atoms with Crippen LogP contribution in [0.15, 0.2) is 24.3 Å². The smallest absolute Gasteiger partial charge is 0.119 e. The number of hydrogen-bond acceptors (Lipinski definition) is 1. The van der Waals surface area contributed by atoms with Gasteiger partial charge in [0.15, 0.2) is 0 Å². The zero-order valence-electron chi connectivity index (χ0n) is 14.1. The largest absolute Gasteiger partial charge is 0.508 e. The van der Waals surface area contributed by atoms with E-state index in [0.29, 0.717) is 11.7 Å². The maximum atomic E-state index is 9.96. The Morgan fingerprint density at radius 1 is 0.810 bits per heavy atom. The molecule has 1 unspecified atom stereocenters. The minimum Gasteiger partial charge on any atom is -0.508 e. The fourth-order valence-corrected chi connectivity index (χ4v) is 3.11. The Bertz CT molecular complexity index is 359. The summed E-state index contributed by atoms with van der Waals surface area (Å²) in [6.45, 7) is 4.50. The molecule has 0 aliphatic rings. The van der Waals surface area contributed by atoms with Gasteiger partial charge in [-0.15, -0.1) is 0 Å². The number of rotatable bonds is 12. The van der Waals surface area contributed by atoms with Gasteiger partial charge >= 0.3 is 0 Å². The van der Waals surface area contributed by atoms with Gasteiger partial charge in [-0.3, -0.25) is 0 Å². The second-order valence-corrected chi connectivity index (χ2v) is 6.28. The van der Waals surface area contributed by atoms with E-state index in [4.69, 9.17) is 0 Å². The van der Waals surface area contributed by atoms with Crippen LogP contribution in [0, 0.1) is 0 Å². The fourth-order valence-electron chi connectivity index (χ4n) is 3.11. The molecule has 0 radical (unpaired) electrons. The van der Waals surface area contributed by atoms with Crippen LogP contribution in [-0.2, 0) is 0 Å². The Labute approximate surface area is 131 Å². The van der Waals surface area contributed by atoms with Gasteiger partial charge in [0.25, 0.3) is 0 Å². The van der Waals surface area contributed by atoms with E-state index in [1.807, 2.05) is 18.2 Å². The van der Waals surface area contributed by atoms with Crippen molar-refractivity contribution >= 4 is 0 Å². The van der Waals surface area contributed by atoms with Crippen LogP contribution in [0.3, 0.4) is 0 Å². The molecule has 1 aromatic carbocycles. The summed E-state index contributed by atoms with van der Waals surface area (Å²) >= 11 is 0. The SMILES string of the molecule is CCCCCCCCCCCC(CC)c1ccccc1O. The van der Waals surface area contributed by atoms with Crippen molar-refractivity contribution in [1.29, 1.82) is 0 Å². The zero-order chi connectivity index (χ0) is 15.3. The molecule has 120 valence electrons. The molecule has 1 rings (SSSR count). The molecule has 0 spiro atoms. The first-order valence-electron chi connectivity index (χ1n) is 9.07. The molecule has 0 fully saturated rings. The molecule has 21 heavy (non-hydrogen) atoms. The molecule has 0 saturated carbocycles. The summed E-state index contributed by atoms with van der Waals surface area (Å²) < 4.78 is 0. The first-order valence-corrected chi connectivity index (χ1v) is 9.07. The van der Waals surface area contributed by atoms with Crippen molar-refractivity contribution in [1.82, 2.24) is 0 Å². The van der Waals surface area contributed by atoms with Crippen LogP contribution in [0.5, 0.6) is 5.75 Å². The van der Waals surface area contributed by atoms with Gasteiger partial charge in [-0.05, 0) is 30.4 Å². The maximum absolute atomic E-state index is 9.96. The van der Waals surface area contributed by atoms with Gasteiger partial charge in [0.1, 0.15) is 5.75 Å². The van der Waals surface area contributed by atoms with Crippen molar-refractivity contribution in [2.24, 2.45) is 0 Å². The van der Waals surface area contributed by atoms with Crippen molar-refractivity contribution in [3.8, 4) is 5.75 Å². The van der Waals surface area contributed by atoms with Crippen LogP contribution >= 0.6 is 0 Å². The predicted molar refractivity (Wildman–Crippen MR) is 93.0 cm³/mol. The van der Waals surface area contributed by atoms with Gasteiger partial charge in [0.05, 0.1) is 0 Å². The van der Waals surface area contributed by atoms with Crippen LogP contribution in [0.25, 0.3) is 0 Å². The lowest BCUT2D eigenvalue weighted by Gasteiger charge is -2.16. The van der Waals surface area contributed by atoms with E-state index in [1.165, 1.54) is 64.2 Å². The first kappa shape index (κ1) is 18.1. The van der Waals surface area contributed by atoms with E-state index >= 15 is 0 Å². The van der Waals surface area contributed by atoms with Crippen LogP contribution in [0.2, 0.25) is 0 Å². The summed E-state index contributed by atoms with van der Waals surface area (Å²) in [6.07, 6.45) is 14.7. The minimum absolute atomic E-state index is 0.472. The maximum Gasteiger partial charge on any atom is 0.119 e. The number of aromatic hydroxyl groups is 1. The van der Waals surface area contributed by atoms with E-state index in [-0.39, 0.29) is 0 Å². The highest BCUT2D eigenvalue weighted by molar-refractivity contribution is 5.34. The molecule has 1 aromatic rings. The van der Waals surface area contributed by atoms with Crippen LogP contribution in [-0.4, -0.2) is 5.11 Å². The number of hydrogen-bond donors (Lipinski definition) is 1. The zero-order valence-corrected chi connectivity index (χ0v) is 14.1. The summed E-state index contributed by atoms with van der Waals surface area (Å²) in [5, 5.41) is 9.96. The standard InChI is InChI=1S/C20H34O/c1-3-5-6-7-8-9-10-11-12-15-18(4-2)19-16-13-14-17-20(19)21/h13-14,16-18,21H,3-12,15H2,1-2H3. The van der Waals surface area contributed by atoms with Gasteiger partial charge in [-0.25, -0.2) is 0 Å². The summed E-state index contributed by atoms with van der Waals surface area (Å²) in [4.78, 5) is 0. The molecular formula is C20H34O. The summed E-state index contributed by atoms with van der Waals surface area (Å²) in [6, 6.07) is 7.84. The van der Waals surface area contributed by atoms with Crippen LogP contribution < -0.4 is 0 Å². The Morgan fingerprint density at radius 2 is 1.38 bits per heavy atom. The average Bonchev–Trinajstić information content (AvgIpc) is 2.50. The molecule has 0 aromatic heterocycles. The van der Waals surface area contributed by atoms with Crippen molar-refractivity contribution in [3.63, 3.8) is 0 Å². The third-order valence-electron chi connectivity index (χ3n) is 4.53. The lowest BCUT2D eigenvalue weighted by Crippen LogP contribution is -1.98. The molecule has 1 atom stereocenters. The lowest BCUT2D eigenvalue weighted by atomic mass is 9.90. The van der Waals surface area contributed by atoms with E-state index in [1.54, 1.807) is 0 Å². The van der Waals surface area contributed by atoms with Gasteiger partial charge in [-0.1, -0.05) is 89.8 Å². The minimum atomic E-state index is 0.472. The summed E-state index contributed by atoms with van der Waals surface area (Å²) in [5.41, 5.74) is 1.14. The molecule has 0 saturated heterocycles. The van der Waals surface area contributed by atoms with Gasteiger partial charge in [0, 0.05) is 0 Å². The fraction of sp³-hybridized carbons (Fsp3) is 0.700. The molecule has 0 aliphatic heterocycles. The number of phenolic OH excluding ortho intramolecular Hbond substituents is 1. The second-order valence-electron chi connectivity index (χ2n) is 6.28. The second kappa shape index (κ2) is 11.7. The molecule has 0 aliphatic carbocycles. The Kier molecular flexibility index (Phi) is 10.0. The number of phenols is 1. The Hall–Kier alpha value is -0.980. The summed E-state index contributed by atoms with van der Waals surface area (Å²) in [7, 11) is 0. The van der Waals surface area contributed by atoms with Gasteiger partial charge in [0.2, 0.25) is 0 Å². The molecule has 0 amide bonds. The molecule has 1 nitrogen and oxygen atoms in total. The van der Waals surface area contributed by atoms with Crippen LogP contribution in [0.4, 0.5) is 0 Å². The average molecular weight is 290 g/mol. The molecule has 0 bridgehead atoms. The van der Waals surface area contributed by atoms with Gasteiger partial charge < -0.3 is 5.11 Å². The third kappa shape index (κ3) is 7.55. The predicted octanol–water partition coefficient (Wildman–Crippen LogP) is 6.81. The van der Waals surface area contributed by atoms with E-state index in [9.17, 15) is 5.11 Å². The van der Waals surface area contributed by atoms with Crippen molar-refractivity contribution in [2.45, 2.75) is 90.4 Å². The lowest BCUT2D eigenvalue weighted by molar-refractivity contribution is 0.449. The van der Waals surface area contributed by atoms with Crippen molar-refractivity contribution < 1.29 is 5.11 Å². The van der Waals surface area contributed by atoms with Gasteiger partial charge in [-0.2, -0.15) is 0 Å². The summed E-state index contributed by atoms with van der Waals surface area (Å²) in [5.74, 6) is 0.996. The molecule has 1 heteroatoms. The Balaban J connectivity index is 2.12. The molecule has 0 heterocycles. The van der Waals surface area contributed by atoms with Crippen molar-refractivity contribution in [2.75, 3.05) is 0 Å². The molecular weight excluding hydrogens is 256 g/mol. The van der Waals surface area contributed by atoms with E-state index < -0.39 is 0 Å². The highest BCUT2D eigenvalue weighted by Crippen LogP contribution is 2.31. The van der Waals surface area contributed by atoms with E-state index in [0.717, 1.165) is 12.0 Å². The first-order chi connectivity index (χ1) is 10.3. The third-order valence-corrected chi connectivity index (χ3v) is 4.53. The topological polar surface area (TPSA) is 20.2 Å². The normalized spacial score (nSPS) is 12.5. The quantitative estimate of drug-likeness (QED) is 0.419. The monoisotopic (exact) mass is 290 g/mol. The van der Waals surface area contributed by atoms with E-state index in [2.05, 4.69) is 19.9 Å². The highest BCUT2D eigenvalue weighted by atomic mass is 16.3. The number of benzene rings is 1.